The predicted molar refractivity (Wildman–Crippen MR) is 79.6 cm³/mol. The van der Waals surface area contributed by atoms with Gasteiger partial charge in [-0.25, -0.2) is 0 Å². The van der Waals surface area contributed by atoms with Gasteiger partial charge < -0.3 is 20.1 Å². The highest BCUT2D eigenvalue weighted by Gasteiger charge is 2.53. The molecule has 1 aromatic carbocycles. The lowest BCUT2D eigenvalue weighted by Crippen LogP contribution is -2.65. The fourth-order valence-electron chi connectivity index (χ4n) is 2.53. The minimum atomic E-state index is -1.49. The molecule has 0 aromatic heterocycles. The van der Waals surface area contributed by atoms with E-state index in [9.17, 15) is 15.3 Å². The van der Waals surface area contributed by atoms with Gasteiger partial charge in [0.2, 0.25) is 0 Å². The average Bonchev–Trinajstić information content (AvgIpc) is 2.44. The lowest BCUT2D eigenvalue weighted by molar-refractivity contribution is -0.241. The van der Waals surface area contributed by atoms with Gasteiger partial charge in [-0.3, -0.25) is 0 Å². The highest BCUT2D eigenvalue weighted by molar-refractivity contribution is 7.99. The molecule has 20 heavy (non-hydrogen) atoms. The third-order valence-electron chi connectivity index (χ3n) is 3.71. The van der Waals surface area contributed by atoms with E-state index in [1.54, 1.807) is 6.92 Å². The molecule has 0 bridgehead atoms. The third kappa shape index (κ3) is 3.02. The Balaban J connectivity index is 2.26. The number of thioether (sulfide) groups is 1. The van der Waals surface area contributed by atoms with Crippen molar-refractivity contribution in [1.82, 2.24) is 0 Å². The fraction of sp³-hybridized carbons (Fsp3) is 0.600. The van der Waals surface area contributed by atoms with Crippen molar-refractivity contribution in [3.05, 3.63) is 35.9 Å². The molecule has 0 spiro atoms. The second-order valence-electron chi connectivity index (χ2n) is 5.22. The van der Waals surface area contributed by atoms with Crippen LogP contribution in [0.3, 0.4) is 0 Å². The van der Waals surface area contributed by atoms with E-state index < -0.39 is 29.3 Å². The summed E-state index contributed by atoms with van der Waals surface area (Å²) in [6.07, 6.45) is -2.56. The Morgan fingerprint density at radius 3 is 2.50 bits per heavy atom. The first kappa shape index (κ1) is 15.8. The normalized spacial score (nSPS) is 37.9. The van der Waals surface area contributed by atoms with E-state index in [1.807, 2.05) is 37.3 Å². The number of hydrogen-bond acceptors (Lipinski definition) is 5. The van der Waals surface area contributed by atoms with E-state index in [-0.39, 0.29) is 6.42 Å². The first-order valence-electron chi connectivity index (χ1n) is 6.88. The maximum absolute atomic E-state index is 10.9. The number of hydrogen-bond donors (Lipinski definition) is 3. The number of aliphatic hydroxyl groups is 3. The van der Waals surface area contributed by atoms with Crippen LogP contribution in [0, 0.1) is 0 Å². The molecule has 2 rings (SSSR count). The molecular formula is C15H22O4S. The number of ether oxygens (including phenoxy) is 1. The lowest BCUT2D eigenvalue weighted by Gasteiger charge is -2.47. The minimum Gasteiger partial charge on any atom is -0.388 e. The van der Waals surface area contributed by atoms with Gasteiger partial charge in [-0.1, -0.05) is 37.3 Å². The van der Waals surface area contributed by atoms with Crippen molar-refractivity contribution in [3.63, 3.8) is 0 Å². The van der Waals surface area contributed by atoms with Crippen LogP contribution in [0.4, 0.5) is 0 Å². The summed E-state index contributed by atoms with van der Waals surface area (Å²) in [7, 11) is 0. The molecule has 112 valence electrons. The summed E-state index contributed by atoms with van der Waals surface area (Å²) in [6.45, 7) is 3.68. The zero-order chi connectivity index (χ0) is 14.8. The van der Waals surface area contributed by atoms with Crippen molar-refractivity contribution in [1.29, 1.82) is 0 Å². The Morgan fingerprint density at radius 2 is 1.90 bits per heavy atom. The highest BCUT2D eigenvalue weighted by atomic mass is 32.2. The SMILES string of the molecule is CCS[C@@H]1O[C@H](C)[C@H](O)[C@H](O)[C@]1(O)Cc1ccccc1. The van der Waals surface area contributed by atoms with Crippen molar-refractivity contribution in [3.8, 4) is 0 Å². The monoisotopic (exact) mass is 298 g/mol. The maximum Gasteiger partial charge on any atom is 0.135 e. The molecule has 0 aliphatic carbocycles. The second kappa shape index (κ2) is 6.45. The number of aliphatic hydroxyl groups excluding tert-OH is 2. The molecule has 0 unspecified atom stereocenters. The average molecular weight is 298 g/mol. The number of benzene rings is 1. The summed E-state index contributed by atoms with van der Waals surface area (Å²) in [5.41, 5.74) is -1.14. The molecule has 4 nitrogen and oxygen atoms in total. The van der Waals surface area contributed by atoms with Crippen LogP contribution in [0.15, 0.2) is 30.3 Å². The maximum atomic E-state index is 10.9. The Hall–Kier alpha value is -0.590. The molecule has 1 heterocycles. The summed E-state index contributed by atoms with van der Waals surface area (Å²) < 4.78 is 5.70. The zero-order valence-electron chi connectivity index (χ0n) is 11.8. The minimum absolute atomic E-state index is 0.246. The number of rotatable bonds is 4. The standard InChI is InChI=1S/C15H22O4S/c1-3-20-14-15(18,9-11-7-5-4-6-8-11)13(17)12(16)10(2)19-14/h4-8,10,12-14,16-18H,3,9H2,1-2H3/t10-,12+,13+,14+,15-/m1/s1. The van der Waals surface area contributed by atoms with Gasteiger partial charge in [0, 0.05) is 6.42 Å². The molecule has 3 N–H and O–H groups in total. The Bertz CT molecular complexity index is 427. The molecular weight excluding hydrogens is 276 g/mol. The zero-order valence-corrected chi connectivity index (χ0v) is 12.6. The predicted octanol–water partition coefficient (Wildman–Crippen LogP) is 1.18. The molecule has 5 heteroatoms. The lowest BCUT2D eigenvalue weighted by atomic mass is 9.83. The van der Waals surface area contributed by atoms with Gasteiger partial charge in [0.25, 0.3) is 0 Å². The summed E-state index contributed by atoms with van der Waals surface area (Å²) in [5.74, 6) is 0.761. The van der Waals surface area contributed by atoms with Crippen LogP contribution in [0.2, 0.25) is 0 Å². The smallest absolute Gasteiger partial charge is 0.135 e. The van der Waals surface area contributed by atoms with Crippen molar-refractivity contribution in [2.75, 3.05) is 5.75 Å². The van der Waals surface area contributed by atoms with Crippen LogP contribution in [-0.2, 0) is 11.2 Å². The van der Waals surface area contributed by atoms with Gasteiger partial charge in [-0.15, -0.1) is 11.8 Å². The second-order valence-corrected chi connectivity index (χ2v) is 6.56. The van der Waals surface area contributed by atoms with Gasteiger partial charge in [-0.2, -0.15) is 0 Å². The fourth-order valence-corrected chi connectivity index (χ4v) is 3.60. The highest BCUT2D eigenvalue weighted by Crippen LogP contribution is 2.38. The van der Waals surface area contributed by atoms with Crippen molar-refractivity contribution < 1.29 is 20.1 Å². The first-order valence-corrected chi connectivity index (χ1v) is 7.93. The Labute approximate surface area is 123 Å². The van der Waals surface area contributed by atoms with E-state index in [2.05, 4.69) is 0 Å². The molecule has 1 fully saturated rings. The van der Waals surface area contributed by atoms with Crippen LogP contribution < -0.4 is 0 Å². The third-order valence-corrected chi connectivity index (χ3v) is 4.87. The summed E-state index contributed by atoms with van der Waals surface area (Å²) in [4.78, 5) is 0. The molecule has 0 saturated carbocycles. The van der Waals surface area contributed by atoms with Crippen LogP contribution in [0.1, 0.15) is 19.4 Å². The Kier molecular flexibility index (Phi) is 5.09. The van der Waals surface area contributed by atoms with E-state index >= 15 is 0 Å². The van der Waals surface area contributed by atoms with E-state index in [0.717, 1.165) is 11.3 Å². The molecule has 1 aliphatic heterocycles. The summed E-state index contributed by atoms with van der Waals surface area (Å²) >= 11 is 1.44. The van der Waals surface area contributed by atoms with E-state index in [0.29, 0.717) is 0 Å². The van der Waals surface area contributed by atoms with Gasteiger partial charge in [0.1, 0.15) is 23.2 Å². The van der Waals surface area contributed by atoms with Gasteiger partial charge in [0.15, 0.2) is 0 Å². The van der Waals surface area contributed by atoms with Crippen molar-refractivity contribution in [2.45, 2.75) is 49.6 Å². The molecule has 1 aromatic rings. The van der Waals surface area contributed by atoms with Crippen LogP contribution in [0.25, 0.3) is 0 Å². The molecule has 1 aliphatic rings. The van der Waals surface area contributed by atoms with E-state index in [1.165, 1.54) is 11.8 Å². The largest absolute Gasteiger partial charge is 0.388 e. The molecule has 1 saturated heterocycles. The van der Waals surface area contributed by atoms with Gasteiger partial charge in [-0.05, 0) is 18.2 Å². The van der Waals surface area contributed by atoms with Crippen LogP contribution >= 0.6 is 11.8 Å². The van der Waals surface area contributed by atoms with Crippen molar-refractivity contribution in [2.24, 2.45) is 0 Å². The summed E-state index contributed by atoms with van der Waals surface area (Å²) in [6, 6.07) is 9.45. The van der Waals surface area contributed by atoms with E-state index in [4.69, 9.17) is 4.74 Å². The quantitative estimate of drug-likeness (QED) is 0.779. The van der Waals surface area contributed by atoms with Crippen LogP contribution in [0.5, 0.6) is 0 Å². The topological polar surface area (TPSA) is 69.9 Å². The van der Waals surface area contributed by atoms with Crippen molar-refractivity contribution >= 4 is 11.8 Å². The Morgan fingerprint density at radius 1 is 1.25 bits per heavy atom. The molecule has 5 atom stereocenters. The first-order chi connectivity index (χ1) is 9.49. The summed E-state index contributed by atoms with van der Waals surface area (Å²) in [5, 5.41) is 31.3. The van der Waals surface area contributed by atoms with Gasteiger partial charge in [0.05, 0.1) is 6.10 Å². The van der Waals surface area contributed by atoms with Gasteiger partial charge >= 0.3 is 0 Å². The molecule has 0 radical (unpaired) electrons. The molecule has 0 amide bonds. The van der Waals surface area contributed by atoms with Crippen LogP contribution in [-0.4, -0.2) is 50.4 Å².